The molecule has 2 atom stereocenters. The maximum atomic E-state index is 12.1. The summed E-state index contributed by atoms with van der Waals surface area (Å²) in [5, 5.41) is 9.49. The van der Waals surface area contributed by atoms with E-state index >= 15 is 0 Å². The van der Waals surface area contributed by atoms with Crippen molar-refractivity contribution in [1.29, 1.82) is 0 Å². The summed E-state index contributed by atoms with van der Waals surface area (Å²) < 4.78 is 5.58. The smallest absolute Gasteiger partial charge is 0.308 e. The number of hydrogen-bond acceptors (Lipinski definition) is 3. The van der Waals surface area contributed by atoms with Gasteiger partial charge < -0.3 is 14.7 Å². The molecule has 1 aromatic carbocycles. The number of aryl methyl sites for hydroxylation is 1. The minimum absolute atomic E-state index is 0.140. The Balaban J connectivity index is 2.65. The number of nitrogens with zero attached hydrogens (tertiary/aromatic N) is 1. The van der Waals surface area contributed by atoms with E-state index in [-0.39, 0.29) is 12.5 Å². The second-order valence-electron chi connectivity index (χ2n) is 5.13. The van der Waals surface area contributed by atoms with Gasteiger partial charge in [0.15, 0.2) is 6.10 Å². The topological polar surface area (TPSA) is 66.8 Å². The van der Waals surface area contributed by atoms with Crippen LogP contribution in [0.3, 0.4) is 0 Å². The summed E-state index contributed by atoms with van der Waals surface area (Å²) in [6.07, 6.45) is -0.698. The predicted octanol–water partition coefficient (Wildman–Crippen LogP) is 2.59. The first kappa shape index (κ1) is 17.3. The number of amides is 1. The molecular weight excluding hydrogens is 294 g/mol. The van der Waals surface area contributed by atoms with Gasteiger partial charge in [-0.1, -0.05) is 18.5 Å². The number of ether oxygens (including phenoxy) is 1. The van der Waals surface area contributed by atoms with Crippen molar-refractivity contribution in [3.63, 3.8) is 0 Å². The number of aliphatic carboxylic acids is 1. The third-order valence-corrected chi connectivity index (χ3v) is 3.56. The quantitative estimate of drug-likeness (QED) is 0.876. The second-order valence-corrected chi connectivity index (χ2v) is 5.54. The molecule has 0 spiro atoms. The standard InChI is InChI=1S/C15H20ClNO4/c1-9-7-12(5-6-13(9)16)21-11(3)14(18)17(4)8-10(2)15(19)20/h5-7,10-11H,8H2,1-4H3,(H,19,20). The molecule has 0 radical (unpaired) electrons. The van der Waals surface area contributed by atoms with Crippen molar-refractivity contribution in [2.75, 3.05) is 13.6 Å². The van der Waals surface area contributed by atoms with Gasteiger partial charge in [-0.25, -0.2) is 0 Å². The van der Waals surface area contributed by atoms with E-state index in [1.54, 1.807) is 39.1 Å². The van der Waals surface area contributed by atoms with E-state index in [2.05, 4.69) is 0 Å². The summed E-state index contributed by atoms with van der Waals surface area (Å²) in [6.45, 7) is 5.18. The third-order valence-electron chi connectivity index (χ3n) is 3.14. The third kappa shape index (κ3) is 4.93. The zero-order valence-electron chi connectivity index (χ0n) is 12.6. The van der Waals surface area contributed by atoms with E-state index in [1.165, 1.54) is 4.90 Å². The SMILES string of the molecule is Cc1cc(OC(C)C(=O)N(C)CC(C)C(=O)O)ccc1Cl. The molecule has 0 saturated heterocycles. The Morgan fingerprint density at radius 3 is 2.52 bits per heavy atom. The molecule has 6 heteroatoms. The number of carbonyl (C=O) groups is 2. The fraction of sp³-hybridized carbons (Fsp3) is 0.467. The van der Waals surface area contributed by atoms with Crippen LogP contribution in [0.25, 0.3) is 0 Å². The normalized spacial score (nSPS) is 13.4. The molecule has 1 aromatic rings. The number of carboxylic acids is 1. The van der Waals surface area contributed by atoms with Crippen LogP contribution in [-0.2, 0) is 9.59 Å². The number of benzene rings is 1. The average Bonchev–Trinajstić information content (AvgIpc) is 2.41. The lowest BCUT2D eigenvalue weighted by molar-refractivity contribution is -0.144. The van der Waals surface area contributed by atoms with Crippen LogP contribution in [0.2, 0.25) is 5.02 Å². The fourth-order valence-electron chi connectivity index (χ4n) is 1.83. The van der Waals surface area contributed by atoms with Gasteiger partial charge in [0.05, 0.1) is 5.92 Å². The Morgan fingerprint density at radius 1 is 1.38 bits per heavy atom. The summed E-state index contributed by atoms with van der Waals surface area (Å²) in [5.74, 6) is -1.27. The van der Waals surface area contributed by atoms with Crippen molar-refractivity contribution < 1.29 is 19.4 Å². The lowest BCUT2D eigenvalue weighted by Crippen LogP contribution is -2.41. The van der Waals surface area contributed by atoms with E-state index in [0.717, 1.165) is 5.56 Å². The Hall–Kier alpha value is -1.75. The first-order chi connectivity index (χ1) is 9.72. The molecule has 2 unspecified atom stereocenters. The van der Waals surface area contributed by atoms with Crippen LogP contribution in [0.5, 0.6) is 5.75 Å². The molecule has 0 heterocycles. The van der Waals surface area contributed by atoms with E-state index in [9.17, 15) is 9.59 Å². The molecule has 1 amide bonds. The fourth-order valence-corrected chi connectivity index (χ4v) is 1.95. The summed E-state index contributed by atoms with van der Waals surface area (Å²) >= 11 is 5.93. The second kappa shape index (κ2) is 7.31. The van der Waals surface area contributed by atoms with Crippen molar-refractivity contribution in [2.24, 2.45) is 5.92 Å². The summed E-state index contributed by atoms with van der Waals surface area (Å²) in [7, 11) is 1.56. The molecule has 0 aliphatic heterocycles. The van der Waals surface area contributed by atoms with Gasteiger partial charge >= 0.3 is 5.97 Å². The minimum Gasteiger partial charge on any atom is -0.481 e. The number of hydrogen-bond donors (Lipinski definition) is 1. The highest BCUT2D eigenvalue weighted by molar-refractivity contribution is 6.31. The number of carboxylic acid groups (broad SMARTS) is 1. The molecule has 1 rings (SSSR count). The molecule has 0 aliphatic rings. The molecular formula is C15H20ClNO4. The van der Waals surface area contributed by atoms with Crippen molar-refractivity contribution >= 4 is 23.5 Å². The minimum atomic E-state index is -0.934. The highest BCUT2D eigenvalue weighted by Crippen LogP contribution is 2.22. The Kier molecular flexibility index (Phi) is 6.03. The Morgan fingerprint density at radius 2 is 2.00 bits per heavy atom. The maximum Gasteiger partial charge on any atom is 0.308 e. The summed E-state index contributed by atoms with van der Waals surface area (Å²) in [4.78, 5) is 24.3. The molecule has 21 heavy (non-hydrogen) atoms. The van der Waals surface area contributed by atoms with Crippen LogP contribution in [-0.4, -0.2) is 41.6 Å². The number of rotatable bonds is 6. The first-order valence-corrected chi connectivity index (χ1v) is 7.00. The van der Waals surface area contributed by atoms with E-state index < -0.39 is 18.0 Å². The first-order valence-electron chi connectivity index (χ1n) is 6.63. The monoisotopic (exact) mass is 313 g/mol. The van der Waals surface area contributed by atoms with Gasteiger partial charge in [-0.3, -0.25) is 9.59 Å². The van der Waals surface area contributed by atoms with E-state index in [0.29, 0.717) is 10.8 Å². The van der Waals surface area contributed by atoms with Gasteiger partial charge in [0.2, 0.25) is 0 Å². The Bertz CT molecular complexity index is 532. The van der Waals surface area contributed by atoms with Crippen molar-refractivity contribution in [3.05, 3.63) is 28.8 Å². The van der Waals surface area contributed by atoms with Gasteiger partial charge in [0.25, 0.3) is 5.91 Å². The highest BCUT2D eigenvalue weighted by atomic mass is 35.5. The zero-order valence-corrected chi connectivity index (χ0v) is 13.3. The van der Waals surface area contributed by atoms with Crippen molar-refractivity contribution in [2.45, 2.75) is 26.9 Å². The molecule has 5 nitrogen and oxygen atoms in total. The largest absolute Gasteiger partial charge is 0.481 e. The van der Waals surface area contributed by atoms with Gasteiger partial charge in [-0.15, -0.1) is 0 Å². The van der Waals surface area contributed by atoms with Crippen LogP contribution < -0.4 is 4.74 Å². The lowest BCUT2D eigenvalue weighted by atomic mass is 10.1. The summed E-state index contributed by atoms with van der Waals surface area (Å²) in [6, 6.07) is 5.16. The number of halogens is 1. The predicted molar refractivity (Wildman–Crippen MR) is 80.7 cm³/mol. The average molecular weight is 314 g/mol. The summed E-state index contributed by atoms with van der Waals surface area (Å²) in [5.41, 5.74) is 0.863. The number of likely N-dealkylation sites (N-methyl/N-ethyl adjacent to an activating group) is 1. The van der Waals surface area contributed by atoms with Gasteiger partial charge in [-0.2, -0.15) is 0 Å². The van der Waals surface area contributed by atoms with E-state index in [1.807, 2.05) is 6.92 Å². The lowest BCUT2D eigenvalue weighted by Gasteiger charge is -2.23. The maximum absolute atomic E-state index is 12.1. The van der Waals surface area contributed by atoms with Crippen molar-refractivity contribution in [1.82, 2.24) is 4.90 Å². The van der Waals surface area contributed by atoms with E-state index in [4.69, 9.17) is 21.4 Å². The van der Waals surface area contributed by atoms with Gasteiger partial charge in [-0.05, 0) is 37.6 Å². The number of carbonyl (C=O) groups excluding carboxylic acids is 1. The van der Waals surface area contributed by atoms with Crippen LogP contribution in [0.1, 0.15) is 19.4 Å². The van der Waals surface area contributed by atoms with Crippen LogP contribution in [0, 0.1) is 12.8 Å². The molecule has 0 aromatic heterocycles. The molecule has 0 bridgehead atoms. The van der Waals surface area contributed by atoms with Crippen LogP contribution in [0.4, 0.5) is 0 Å². The molecule has 0 aliphatic carbocycles. The van der Waals surface area contributed by atoms with Gasteiger partial charge in [0.1, 0.15) is 5.75 Å². The zero-order chi connectivity index (χ0) is 16.2. The van der Waals surface area contributed by atoms with Crippen LogP contribution >= 0.6 is 11.6 Å². The molecule has 116 valence electrons. The van der Waals surface area contributed by atoms with Crippen molar-refractivity contribution in [3.8, 4) is 5.75 Å². The van der Waals surface area contributed by atoms with Gasteiger partial charge in [0, 0.05) is 18.6 Å². The highest BCUT2D eigenvalue weighted by Gasteiger charge is 2.23. The van der Waals surface area contributed by atoms with Crippen LogP contribution in [0.15, 0.2) is 18.2 Å². The Labute approximate surface area is 129 Å². The molecule has 0 saturated carbocycles. The molecule has 1 N–H and O–H groups in total. The molecule has 0 fully saturated rings.